The summed E-state index contributed by atoms with van der Waals surface area (Å²) in [5.41, 5.74) is 0.987. The van der Waals surface area contributed by atoms with Crippen molar-refractivity contribution in [3.63, 3.8) is 0 Å². The van der Waals surface area contributed by atoms with Crippen LogP contribution >= 0.6 is 0 Å². The van der Waals surface area contributed by atoms with E-state index in [2.05, 4.69) is 4.90 Å². The van der Waals surface area contributed by atoms with E-state index in [1.807, 2.05) is 30.3 Å². The van der Waals surface area contributed by atoms with E-state index in [9.17, 15) is 23.1 Å². The molecule has 0 bridgehead atoms. The van der Waals surface area contributed by atoms with Gasteiger partial charge < -0.3 is 19.5 Å². The molecule has 3 fully saturated rings. The van der Waals surface area contributed by atoms with Gasteiger partial charge in [-0.15, -0.1) is 0 Å². The lowest BCUT2D eigenvalue weighted by Gasteiger charge is -2.29. The number of aliphatic hydroxyl groups is 1. The Morgan fingerprint density at radius 2 is 1.46 bits per heavy atom. The van der Waals surface area contributed by atoms with Crippen molar-refractivity contribution in [2.45, 2.75) is 17.4 Å². The van der Waals surface area contributed by atoms with Crippen LogP contribution in [-0.4, -0.2) is 105 Å². The predicted octanol–water partition coefficient (Wildman–Crippen LogP) is 1.85. The number of amides is 1. The van der Waals surface area contributed by atoms with E-state index in [0.717, 1.165) is 25.2 Å². The van der Waals surface area contributed by atoms with Gasteiger partial charge in [-0.2, -0.15) is 4.31 Å². The number of hydrogen-bond donors (Lipinski definition) is 1. The van der Waals surface area contributed by atoms with Gasteiger partial charge in [0.15, 0.2) is 0 Å². The molecule has 3 heterocycles. The van der Waals surface area contributed by atoms with Gasteiger partial charge >= 0.3 is 0 Å². The molecule has 208 valence electrons. The maximum atomic E-state index is 13.3. The Kier molecular flexibility index (Phi) is 8.43. The van der Waals surface area contributed by atoms with Gasteiger partial charge in [0.2, 0.25) is 10.0 Å². The molecular weight excluding hydrogens is 522 g/mol. The average Bonchev–Trinajstić information content (AvgIpc) is 3.23. The van der Waals surface area contributed by atoms with Gasteiger partial charge in [0.1, 0.15) is 5.76 Å². The summed E-state index contributed by atoms with van der Waals surface area (Å²) in [6.45, 7) is 5.38. The first-order valence-corrected chi connectivity index (χ1v) is 14.6. The van der Waals surface area contributed by atoms with Gasteiger partial charge in [0.25, 0.3) is 11.7 Å². The molecule has 0 spiro atoms. The van der Waals surface area contributed by atoms with E-state index < -0.39 is 27.8 Å². The van der Waals surface area contributed by atoms with Crippen molar-refractivity contribution < 1.29 is 32.6 Å². The minimum atomic E-state index is -3.71. The molecule has 1 N–H and O–H groups in total. The third kappa shape index (κ3) is 5.78. The smallest absolute Gasteiger partial charge is 0.295 e. The molecule has 1 atom stereocenters. The van der Waals surface area contributed by atoms with Gasteiger partial charge in [-0.1, -0.05) is 30.3 Å². The van der Waals surface area contributed by atoms with Crippen LogP contribution in [0.5, 0.6) is 0 Å². The van der Waals surface area contributed by atoms with Crippen LogP contribution in [0.15, 0.2) is 65.1 Å². The van der Waals surface area contributed by atoms with Crippen LogP contribution in [0.25, 0.3) is 5.76 Å². The highest BCUT2D eigenvalue weighted by molar-refractivity contribution is 7.89. The van der Waals surface area contributed by atoms with Crippen LogP contribution in [0.4, 0.5) is 0 Å². The van der Waals surface area contributed by atoms with Gasteiger partial charge in [0, 0.05) is 44.8 Å². The Morgan fingerprint density at radius 3 is 2.10 bits per heavy atom. The summed E-state index contributed by atoms with van der Waals surface area (Å²) in [4.78, 5) is 30.3. The molecule has 1 unspecified atom stereocenters. The molecule has 2 aromatic carbocycles. The Hall–Kier alpha value is -3.09. The molecule has 0 aromatic heterocycles. The fourth-order valence-corrected chi connectivity index (χ4v) is 6.67. The third-order valence-electron chi connectivity index (χ3n) is 7.37. The number of carbonyl (C=O) groups is 2. The van der Waals surface area contributed by atoms with Gasteiger partial charge in [-0.05, 0) is 36.2 Å². The highest BCUT2D eigenvalue weighted by Crippen LogP contribution is 2.39. The minimum absolute atomic E-state index is 0.00126. The Bertz CT molecular complexity index is 1320. The minimum Gasteiger partial charge on any atom is -0.507 e. The number of hydrogen-bond acceptors (Lipinski definition) is 8. The summed E-state index contributed by atoms with van der Waals surface area (Å²) in [5.74, 6) is -1.73. The second kappa shape index (κ2) is 12.0. The van der Waals surface area contributed by atoms with Crippen molar-refractivity contribution in [2.75, 3.05) is 65.7 Å². The topological polar surface area (TPSA) is 117 Å². The van der Waals surface area contributed by atoms with Crippen molar-refractivity contribution >= 4 is 27.5 Å². The van der Waals surface area contributed by atoms with Crippen molar-refractivity contribution in [3.8, 4) is 0 Å². The third-order valence-corrected chi connectivity index (χ3v) is 9.28. The molecule has 5 rings (SSSR count). The average molecular weight is 556 g/mol. The summed E-state index contributed by atoms with van der Waals surface area (Å²) in [7, 11) is -3.71. The number of ketones is 1. The van der Waals surface area contributed by atoms with Crippen molar-refractivity contribution in [1.29, 1.82) is 0 Å². The standard InChI is InChI=1S/C28H33N3O7S/c32-26(22-7-9-23(10-8-22)39(35,36)30-15-19-38-20-16-30)24-25(21-5-2-1-3-6-21)31(28(34)27(24)33)12-4-11-29-13-17-37-18-14-29/h1-3,5-10,25,32H,4,11-20H2/b26-24-. The van der Waals surface area contributed by atoms with E-state index >= 15 is 0 Å². The van der Waals surface area contributed by atoms with Crippen LogP contribution in [0.2, 0.25) is 0 Å². The summed E-state index contributed by atoms with van der Waals surface area (Å²) >= 11 is 0. The van der Waals surface area contributed by atoms with Crippen LogP contribution in [0.3, 0.4) is 0 Å². The van der Waals surface area contributed by atoms with Crippen molar-refractivity contribution in [3.05, 3.63) is 71.3 Å². The number of ether oxygens (including phenoxy) is 2. The Balaban J connectivity index is 1.42. The van der Waals surface area contributed by atoms with E-state index in [1.54, 1.807) is 0 Å². The van der Waals surface area contributed by atoms with Crippen LogP contribution in [0.1, 0.15) is 23.6 Å². The zero-order valence-electron chi connectivity index (χ0n) is 21.7. The monoisotopic (exact) mass is 555 g/mol. The molecule has 3 aliphatic rings. The molecule has 3 saturated heterocycles. The largest absolute Gasteiger partial charge is 0.507 e. The molecule has 0 aliphatic carbocycles. The highest BCUT2D eigenvalue weighted by Gasteiger charge is 2.45. The van der Waals surface area contributed by atoms with Crippen molar-refractivity contribution in [1.82, 2.24) is 14.1 Å². The zero-order valence-corrected chi connectivity index (χ0v) is 22.5. The number of rotatable bonds is 8. The molecule has 1 amide bonds. The molecular formula is C28H33N3O7S. The number of Topliss-reactive ketones (excluding diaryl/α,β-unsaturated/α-hetero) is 1. The maximum absolute atomic E-state index is 13.3. The summed E-state index contributed by atoms with van der Waals surface area (Å²) < 4.78 is 38.0. The van der Waals surface area contributed by atoms with E-state index in [4.69, 9.17) is 9.47 Å². The Morgan fingerprint density at radius 1 is 0.846 bits per heavy atom. The SMILES string of the molecule is O=C1C(=O)N(CCCN2CCOCC2)C(c2ccccc2)/C1=C(/O)c1ccc(S(=O)(=O)N2CCOCC2)cc1. The second-order valence-electron chi connectivity index (χ2n) is 9.75. The first-order valence-electron chi connectivity index (χ1n) is 13.2. The fourth-order valence-electron chi connectivity index (χ4n) is 5.26. The summed E-state index contributed by atoms with van der Waals surface area (Å²) in [6, 6.07) is 14.2. The van der Waals surface area contributed by atoms with Crippen LogP contribution < -0.4 is 0 Å². The first kappa shape index (κ1) is 27.5. The van der Waals surface area contributed by atoms with Gasteiger partial charge in [-0.25, -0.2) is 8.42 Å². The lowest BCUT2D eigenvalue weighted by Crippen LogP contribution is -2.40. The van der Waals surface area contributed by atoms with Gasteiger partial charge in [0.05, 0.1) is 42.9 Å². The van der Waals surface area contributed by atoms with Gasteiger partial charge in [-0.3, -0.25) is 14.5 Å². The highest BCUT2D eigenvalue weighted by atomic mass is 32.2. The molecule has 0 radical (unpaired) electrons. The molecule has 2 aromatic rings. The van der Waals surface area contributed by atoms with E-state index in [-0.39, 0.29) is 34.9 Å². The fraction of sp³-hybridized carbons (Fsp3) is 0.429. The maximum Gasteiger partial charge on any atom is 0.295 e. The number of aliphatic hydroxyl groups excluding tert-OH is 1. The molecule has 10 nitrogen and oxygen atoms in total. The van der Waals surface area contributed by atoms with E-state index in [1.165, 1.54) is 33.5 Å². The Labute approximate surface area is 228 Å². The quantitative estimate of drug-likeness (QED) is 0.298. The lowest BCUT2D eigenvalue weighted by molar-refractivity contribution is -0.140. The number of sulfonamides is 1. The summed E-state index contributed by atoms with van der Waals surface area (Å²) in [5, 5.41) is 11.3. The normalized spacial score (nSPS) is 22.9. The number of benzene rings is 2. The number of likely N-dealkylation sites (tertiary alicyclic amines) is 1. The number of carbonyl (C=O) groups excluding carboxylic acids is 2. The molecule has 11 heteroatoms. The zero-order chi connectivity index (χ0) is 27.4. The van der Waals surface area contributed by atoms with Crippen molar-refractivity contribution in [2.24, 2.45) is 0 Å². The molecule has 39 heavy (non-hydrogen) atoms. The van der Waals surface area contributed by atoms with Crippen LogP contribution in [0, 0.1) is 0 Å². The number of morpholine rings is 2. The first-order chi connectivity index (χ1) is 18.9. The van der Waals surface area contributed by atoms with E-state index in [0.29, 0.717) is 39.4 Å². The second-order valence-corrected chi connectivity index (χ2v) is 11.7. The molecule has 3 aliphatic heterocycles. The molecule has 0 saturated carbocycles. The lowest BCUT2D eigenvalue weighted by atomic mass is 9.95. The van der Waals surface area contributed by atoms with Crippen LogP contribution in [-0.2, 0) is 29.1 Å². The summed E-state index contributed by atoms with van der Waals surface area (Å²) in [6.07, 6.45) is 0.671. The predicted molar refractivity (Wildman–Crippen MR) is 143 cm³/mol. The number of nitrogens with zero attached hydrogens (tertiary/aromatic N) is 3.